The van der Waals surface area contributed by atoms with E-state index in [9.17, 15) is 8.42 Å². The van der Waals surface area contributed by atoms with Gasteiger partial charge in [0, 0.05) is 57.1 Å². The van der Waals surface area contributed by atoms with Crippen LogP contribution in [-0.4, -0.2) is 92.9 Å². The maximum absolute atomic E-state index is 12.8. The molecule has 0 atom stereocenters. The van der Waals surface area contributed by atoms with Gasteiger partial charge in [-0.3, -0.25) is 4.90 Å². The highest BCUT2D eigenvalue weighted by Crippen LogP contribution is 2.36. The lowest BCUT2D eigenvalue weighted by atomic mass is 10.0. The van der Waals surface area contributed by atoms with Crippen molar-refractivity contribution in [1.82, 2.24) is 19.8 Å². The van der Waals surface area contributed by atoms with Crippen molar-refractivity contribution in [1.29, 1.82) is 0 Å². The summed E-state index contributed by atoms with van der Waals surface area (Å²) in [6, 6.07) is 8.47. The molecule has 222 valence electrons. The zero-order valence-corrected chi connectivity index (χ0v) is 26.3. The number of likely N-dealkylation sites (N-methyl/N-ethyl adjacent to an activating group) is 1. The number of rotatable bonds is 9. The number of ether oxygens (including phenoxy) is 1. The number of nitrogens with one attached hydrogen (secondary N) is 2. The molecule has 2 aliphatic rings. The van der Waals surface area contributed by atoms with Crippen molar-refractivity contribution in [3.8, 4) is 5.75 Å². The summed E-state index contributed by atoms with van der Waals surface area (Å²) in [5.41, 5.74) is 2.28. The Labute approximate surface area is 251 Å². The number of benzene rings is 1. The maximum atomic E-state index is 12.8. The minimum absolute atomic E-state index is 0.251. The van der Waals surface area contributed by atoms with E-state index in [1.54, 1.807) is 32.4 Å². The van der Waals surface area contributed by atoms with Crippen molar-refractivity contribution in [2.24, 2.45) is 0 Å². The second-order valence-electron chi connectivity index (χ2n) is 10.8. The van der Waals surface area contributed by atoms with Crippen LogP contribution in [0.2, 0.25) is 5.02 Å². The van der Waals surface area contributed by atoms with Gasteiger partial charge in [0.05, 0.1) is 29.9 Å². The molecule has 1 aromatic carbocycles. The van der Waals surface area contributed by atoms with Crippen LogP contribution in [0.3, 0.4) is 0 Å². The van der Waals surface area contributed by atoms with E-state index in [0.29, 0.717) is 29.2 Å². The van der Waals surface area contributed by atoms with E-state index in [2.05, 4.69) is 48.4 Å². The van der Waals surface area contributed by atoms with Crippen LogP contribution < -0.4 is 20.3 Å². The van der Waals surface area contributed by atoms with E-state index >= 15 is 0 Å². The van der Waals surface area contributed by atoms with Crippen molar-refractivity contribution in [3.05, 3.63) is 40.9 Å². The maximum Gasteiger partial charge on any atom is 0.229 e. The molecule has 0 amide bonds. The highest BCUT2D eigenvalue weighted by Gasteiger charge is 2.27. The van der Waals surface area contributed by atoms with Crippen LogP contribution in [0.15, 0.2) is 40.1 Å². The van der Waals surface area contributed by atoms with Gasteiger partial charge in [-0.15, -0.1) is 11.3 Å². The molecule has 41 heavy (non-hydrogen) atoms. The summed E-state index contributed by atoms with van der Waals surface area (Å²) < 4.78 is 31.5. The lowest BCUT2D eigenvalue weighted by Crippen LogP contribution is -2.52. The fourth-order valence-corrected chi connectivity index (χ4v) is 8.09. The molecule has 0 bridgehead atoms. The molecular weight excluding hydrogens is 582 g/mol. The molecule has 0 spiro atoms. The number of sulfone groups is 1. The zero-order valence-electron chi connectivity index (χ0n) is 23.9. The molecule has 2 aliphatic heterocycles. The van der Waals surface area contributed by atoms with E-state index < -0.39 is 15.1 Å². The molecule has 10 nitrogen and oxygen atoms in total. The highest BCUT2D eigenvalue weighted by atomic mass is 35.5. The van der Waals surface area contributed by atoms with Gasteiger partial charge in [0.2, 0.25) is 5.95 Å². The number of hydrogen-bond acceptors (Lipinski definition) is 11. The summed E-state index contributed by atoms with van der Waals surface area (Å²) in [6.45, 7) is 9.96. The van der Waals surface area contributed by atoms with E-state index in [1.165, 1.54) is 6.20 Å². The SMILES string of the molecule is COc1cc(N2CCC(N3CCN(C)CC3)CC2)ccc1Nc1ncc(Cl)c(Nc2ccsc2S(=O)(=O)C(C)C)n1. The Morgan fingerprint density at radius 2 is 1.78 bits per heavy atom. The third-order valence-electron chi connectivity index (χ3n) is 7.82. The van der Waals surface area contributed by atoms with Gasteiger partial charge < -0.3 is 25.2 Å². The largest absolute Gasteiger partial charge is 0.494 e. The molecule has 0 saturated carbocycles. The average Bonchev–Trinajstić information content (AvgIpc) is 3.44. The minimum atomic E-state index is -3.46. The molecule has 4 heterocycles. The Morgan fingerprint density at radius 3 is 2.46 bits per heavy atom. The molecule has 3 aromatic rings. The first-order valence-electron chi connectivity index (χ1n) is 13.9. The summed E-state index contributed by atoms with van der Waals surface area (Å²) in [7, 11) is 0.384. The van der Waals surface area contributed by atoms with Crippen LogP contribution >= 0.6 is 22.9 Å². The minimum Gasteiger partial charge on any atom is -0.494 e. The van der Waals surface area contributed by atoms with Gasteiger partial charge >= 0.3 is 0 Å². The molecule has 13 heteroatoms. The summed E-state index contributed by atoms with van der Waals surface area (Å²) in [4.78, 5) is 16.3. The van der Waals surface area contributed by atoms with Gasteiger partial charge in [-0.1, -0.05) is 11.6 Å². The first kappa shape index (κ1) is 29.8. The Bertz CT molecular complexity index is 1450. The number of thiophene rings is 1. The lowest BCUT2D eigenvalue weighted by Gasteiger charge is -2.42. The van der Waals surface area contributed by atoms with Crippen molar-refractivity contribution in [3.63, 3.8) is 0 Å². The van der Waals surface area contributed by atoms with Gasteiger partial charge in [-0.2, -0.15) is 4.98 Å². The topological polar surface area (TPSA) is 103 Å². The number of aromatic nitrogens is 2. The van der Waals surface area contributed by atoms with Gasteiger partial charge in [-0.05, 0) is 57.3 Å². The van der Waals surface area contributed by atoms with Gasteiger partial charge in [-0.25, -0.2) is 13.4 Å². The van der Waals surface area contributed by atoms with Crippen LogP contribution in [0.4, 0.5) is 28.8 Å². The Kier molecular flexibility index (Phi) is 9.24. The van der Waals surface area contributed by atoms with Crippen LogP contribution in [0.25, 0.3) is 0 Å². The second kappa shape index (κ2) is 12.7. The van der Waals surface area contributed by atoms with E-state index in [-0.39, 0.29) is 9.23 Å². The van der Waals surface area contributed by atoms with Crippen LogP contribution in [0, 0.1) is 0 Å². The van der Waals surface area contributed by atoms with Crippen molar-refractivity contribution in [2.75, 3.05) is 69.0 Å². The molecule has 2 fully saturated rings. The molecule has 0 radical (unpaired) electrons. The van der Waals surface area contributed by atoms with Crippen LogP contribution in [0.1, 0.15) is 26.7 Å². The second-order valence-corrected chi connectivity index (χ2v) is 14.8. The van der Waals surface area contributed by atoms with Gasteiger partial charge in [0.1, 0.15) is 15.0 Å². The van der Waals surface area contributed by atoms with E-state index in [0.717, 1.165) is 74.8 Å². The van der Waals surface area contributed by atoms with E-state index in [1.807, 2.05) is 12.1 Å². The highest BCUT2D eigenvalue weighted by molar-refractivity contribution is 7.94. The predicted molar refractivity (Wildman–Crippen MR) is 168 cm³/mol. The van der Waals surface area contributed by atoms with Crippen LogP contribution in [-0.2, 0) is 9.84 Å². The normalized spacial score (nSPS) is 17.7. The molecule has 2 N–H and O–H groups in total. The van der Waals surface area contributed by atoms with Crippen molar-refractivity contribution >= 4 is 61.6 Å². The standard InChI is InChI=1S/C28H38ClN7O3S2/c1-19(2)41(37,38)27-24(9-16-40-27)31-26-22(29)18-30-28(33-26)32-23-6-5-21(17-25(23)39-4)35-10-7-20(8-11-35)36-14-12-34(3)13-15-36/h5-6,9,16-20H,7-8,10-15H2,1-4H3,(H2,30,31,32,33). The average molecular weight is 620 g/mol. The van der Waals surface area contributed by atoms with E-state index in [4.69, 9.17) is 16.3 Å². The number of anilines is 5. The molecule has 5 rings (SSSR count). The van der Waals surface area contributed by atoms with Crippen molar-refractivity contribution < 1.29 is 13.2 Å². The Hall–Kier alpha value is -2.64. The fraction of sp³-hybridized carbons (Fsp3) is 0.500. The van der Waals surface area contributed by atoms with Crippen molar-refractivity contribution in [2.45, 2.75) is 42.2 Å². The van der Waals surface area contributed by atoms with Gasteiger partial charge in [0.15, 0.2) is 15.7 Å². The van der Waals surface area contributed by atoms with Crippen LogP contribution in [0.5, 0.6) is 5.75 Å². The Morgan fingerprint density at radius 1 is 1.05 bits per heavy atom. The molecular formula is C28H38ClN7O3S2. The first-order valence-corrected chi connectivity index (χ1v) is 16.7. The number of piperidine rings is 1. The third kappa shape index (κ3) is 6.72. The monoisotopic (exact) mass is 619 g/mol. The summed E-state index contributed by atoms with van der Waals surface area (Å²) in [5.74, 6) is 1.29. The summed E-state index contributed by atoms with van der Waals surface area (Å²) >= 11 is 7.54. The third-order valence-corrected chi connectivity index (χ3v) is 11.8. The van der Waals surface area contributed by atoms with Gasteiger partial charge in [0.25, 0.3) is 0 Å². The number of halogens is 1. The lowest BCUT2D eigenvalue weighted by molar-refractivity contribution is 0.0982. The Balaban J connectivity index is 1.27. The molecule has 0 aliphatic carbocycles. The fourth-order valence-electron chi connectivity index (χ4n) is 5.24. The number of piperazine rings is 1. The molecule has 2 aromatic heterocycles. The molecule has 0 unspecified atom stereocenters. The smallest absolute Gasteiger partial charge is 0.229 e. The number of hydrogen-bond donors (Lipinski definition) is 2. The number of nitrogens with zero attached hydrogens (tertiary/aromatic N) is 5. The summed E-state index contributed by atoms with van der Waals surface area (Å²) in [6.07, 6.45) is 3.79. The number of methoxy groups -OCH3 is 1. The molecule has 2 saturated heterocycles. The summed E-state index contributed by atoms with van der Waals surface area (Å²) in [5, 5.41) is 7.77. The predicted octanol–water partition coefficient (Wildman–Crippen LogP) is 5.09. The zero-order chi connectivity index (χ0) is 29.1. The first-order chi connectivity index (χ1) is 19.7. The quantitative estimate of drug-likeness (QED) is 0.337.